The first-order valence-corrected chi connectivity index (χ1v) is 3.27. The quantitative estimate of drug-likeness (QED) is 0.603. The lowest BCUT2D eigenvalue weighted by Gasteiger charge is -2.02. The Morgan fingerprint density at radius 3 is 2.91 bits per heavy atom. The molecule has 1 radical (unpaired) electrons. The van der Waals surface area contributed by atoms with Crippen molar-refractivity contribution in [3.05, 3.63) is 29.0 Å². The molecule has 59 valence electrons. The van der Waals surface area contributed by atoms with E-state index in [0.29, 0.717) is 12.1 Å². The number of nitrogen functional groups attached to an aromatic ring is 1. The highest BCUT2D eigenvalue weighted by atomic mass is 16.1. The van der Waals surface area contributed by atoms with Gasteiger partial charge in [-0.3, -0.25) is 9.36 Å². The Morgan fingerprint density at radius 1 is 1.82 bits per heavy atom. The van der Waals surface area contributed by atoms with Gasteiger partial charge in [0.15, 0.2) is 0 Å². The number of hydrogen-bond acceptors (Lipinski definition) is 3. The number of hydrogen-bond donors (Lipinski definition) is 1. The molecule has 1 rings (SSSR count). The summed E-state index contributed by atoms with van der Waals surface area (Å²) in [5.41, 5.74) is 5.91. The van der Waals surface area contributed by atoms with Gasteiger partial charge in [-0.05, 0) is 13.3 Å². The third kappa shape index (κ3) is 1.39. The van der Waals surface area contributed by atoms with Crippen LogP contribution in [0.3, 0.4) is 0 Å². The second-order valence-corrected chi connectivity index (χ2v) is 2.25. The van der Waals surface area contributed by atoms with E-state index in [1.807, 2.05) is 0 Å². The third-order valence-corrected chi connectivity index (χ3v) is 1.48. The lowest BCUT2D eigenvalue weighted by Crippen LogP contribution is -2.21. The molecule has 0 aliphatic carbocycles. The molecule has 1 heterocycles. The Balaban J connectivity index is 3.32. The van der Waals surface area contributed by atoms with Crippen LogP contribution in [-0.2, 0) is 13.5 Å². The number of aromatic nitrogens is 2. The smallest absolute Gasteiger partial charge is 0.254 e. The molecule has 4 heteroatoms. The maximum atomic E-state index is 11.0. The van der Waals surface area contributed by atoms with Gasteiger partial charge in [0.1, 0.15) is 0 Å². The number of rotatable bonds is 1. The fourth-order valence-corrected chi connectivity index (χ4v) is 0.735. The van der Waals surface area contributed by atoms with E-state index in [0.717, 1.165) is 0 Å². The molecule has 0 saturated heterocycles. The molecule has 0 fully saturated rings. The van der Waals surface area contributed by atoms with Gasteiger partial charge in [0, 0.05) is 18.8 Å². The topological polar surface area (TPSA) is 60.9 Å². The van der Waals surface area contributed by atoms with Gasteiger partial charge in [-0.1, -0.05) is 0 Å². The summed E-state index contributed by atoms with van der Waals surface area (Å²) < 4.78 is 1.29. The second kappa shape index (κ2) is 2.74. The van der Waals surface area contributed by atoms with Crippen molar-refractivity contribution in [1.29, 1.82) is 0 Å². The molecular weight excluding hydrogens is 142 g/mol. The van der Waals surface area contributed by atoms with E-state index in [-0.39, 0.29) is 11.5 Å². The molecule has 1 aromatic rings. The molecule has 1 aromatic heterocycles. The van der Waals surface area contributed by atoms with Crippen LogP contribution in [0.1, 0.15) is 5.69 Å². The lowest BCUT2D eigenvalue weighted by molar-refractivity contribution is 0.826. The van der Waals surface area contributed by atoms with Crippen LogP contribution in [0.15, 0.2) is 10.9 Å². The van der Waals surface area contributed by atoms with Gasteiger partial charge in [-0.25, -0.2) is 4.98 Å². The Labute approximate surface area is 64.7 Å². The maximum Gasteiger partial charge on any atom is 0.254 e. The first kappa shape index (κ1) is 7.78. The van der Waals surface area contributed by atoms with Crippen molar-refractivity contribution < 1.29 is 0 Å². The van der Waals surface area contributed by atoms with Crippen LogP contribution in [-0.4, -0.2) is 9.55 Å². The molecule has 0 saturated carbocycles. The number of nitrogens with two attached hydrogens (primary N) is 1. The lowest BCUT2D eigenvalue weighted by atomic mass is 10.3. The van der Waals surface area contributed by atoms with E-state index in [4.69, 9.17) is 5.73 Å². The second-order valence-electron chi connectivity index (χ2n) is 2.25. The molecule has 0 spiro atoms. The van der Waals surface area contributed by atoms with E-state index in [9.17, 15) is 4.79 Å². The average molecular weight is 152 g/mol. The normalized spacial score (nSPS) is 10.0. The summed E-state index contributed by atoms with van der Waals surface area (Å²) in [4.78, 5) is 15.0. The minimum atomic E-state index is -0.142. The summed E-state index contributed by atoms with van der Waals surface area (Å²) in [5, 5.41) is 0. The molecule has 0 aliphatic rings. The highest BCUT2D eigenvalue weighted by molar-refractivity contribution is 5.20. The summed E-state index contributed by atoms with van der Waals surface area (Å²) in [5.74, 6) is 0.233. The first-order chi connectivity index (χ1) is 5.15. The van der Waals surface area contributed by atoms with Crippen LogP contribution in [0.2, 0.25) is 0 Å². The molecule has 0 amide bonds. The monoisotopic (exact) mass is 152 g/mol. The van der Waals surface area contributed by atoms with Crippen LogP contribution in [0.4, 0.5) is 5.95 Å². The maximum absolute atomic E-state index is 11.0. The van der Waals surface area contributed by atoms with Crippen molar-refractivity contribution in [2.75, 3.05) is 5.73 Å². The summed E-state index contributed by atoms with van der Waals surface area (Å²) in [7, 11) is 1.58. The highest BCUT2D eigenvalue weighted by Gasteiger charge is 1.98. The largest absolute Gasteiger partial charge is 0.369 e. The molecule has 0 unspecified atom stereocenters. The molecule has 4 nitrogen and oxygen atoms in total. The molecular formula is C7H10N3O. The van der Waals surface area contributed by atoms with Crippen molar-refractivity contribution in [1.82, 2.24) is 9.55 Å². The standard InChI is InChI=1S/C7H10N3O/c1-3-5-4-6(11)10(2)7(8)9-5/h4H,1,3H2,2H3,(H2,8,9). The van der Waals surface area contributed by atoms with Crippen LogP contribution < -0.4 is 11.3 Å². The summed E-state index contributed by atoms with van der Waals surface area (Å²) in [6.45, 7) is 3.60. The van der Waals surface area contributed by atoms with Crippen molar-refractivity contribution >= 4 is 5.95 Å². The van der Waals surface area contributed by atoms with Crippen molar-refractivity contribution in [2.45, 2.75) is 6.42 Å². The predicted octanol–water partition coefficient (Wildman–Crippen LogP) is -0.261. The molecule has 0 aliphatic heterocycles. The zero-order valence-corrected chi connectivity index (χ0v) is 6.37. The minimum Gasteiger partial charge on any atom is -0.369 e. The summed E-state index contributed by atoms with van der Waals surface area (Å²) in [6, 6.07) is 1.43. The van der Waals surface area contributed by atoms with Crippen LogP contribution in [0.5, 0.6) is 0 Å². The number of nitrogens with zero attached hydrogens (tertiary/aromatic N) is 2. The van der Waals surface area contributed by atoms with E-state index in [1.165, 1.54) is 10.6 Å². The Kier molecular flexibility index (Phi) is 1.94. The third-order valence-electron chi connectivity index (χ3n) is 1.48. The minimum absolute atomic E-state index is 0.142. The van der Waals surface area contributed by atoms with E-state index >= 15 is 0 Å². The van der Waals surface area contributed by atoms with Gasteiger partial charge < -0.3 is 5.73 Å². The summed E-state index contributed by atoms with van der Waals surface area (Å²) in [6.07, 6.45) is 0.486. The summed E-state index contributed by atoms with van der Waals surface area (Å²) >= 11 is 0. The Hall–Kier alpha value is -1.32. The number of anilines is 1. The fourth-order valence-electron chi connectivity index (χ4n) is 0.735. The SMILES string of the molecule is [CH2]Cc1cc(=O)n(C)c(N)n1. The van der Waals surface area contributed by atoms with E-state index in [2.05, 4.69) is 11.9 Å². The first-order valence-electron chi connectivity index (χ1n) is 3.27. The van der Waals surface area contributed by atoms with Crippen molar-refractivity contribution in [3.63, 3.8) is 0 Å². The van der Waals surface area contributed by atoms with Crippen LogP contribution in [0.25, 0.3) is 0 Å². The van der Waals surface area contributed by atoms with Gasteiger partial charge >= 0.3 is 0 Å². The zero-order valence-electron chi connectivity index (χ0n) is 6.37. The molecule has 0 atom stereocenters. The Morgan fingerprint density at radius 2 is 2.45 bits per heavy atom. The van der Waals surface area contributed by atoms with E-state index in [1.54, 1.807) is 7.05 Å². The van der Waals surface area contributed by atoms with Crippen LogP contribution >= 0.6 is 0 Å². The molecule has 11 heavy (non-hydrogen) atoms. The molecule has 0 aromatic carbocycles. The van der Waals surface area contributed by atoms with Gasteiger partial charge in [-0.2, -0.15) is 0 Å². The van der Waals surface area contributed by atoms with Gasteiger partial charge in [-0.15, -0.1) is 0 Å². The van der Waals surface area contributed by atoms with Crippen molar-refractivity contribution in [2.24, 2.45) is 7.05 Å². The van der Waals surface area contributed by atoms with Gasteiger partial charge in [0.2, 0.25) is 5.95 Å². The molecule has 0 bridgehead atoms. The van der Waals surface area contributed by atoms with Gasteiger partial charge in [0.25, 0.3) is 5.56 Å². The van der Waals surface area contributed by atoms with Gasteiger partial charge in [0.05, 0.1) is 0 Å². The fraction of sp³-hybridized carbons (Fsp3) is 0.286. The van der Waals surface area contributed by atoms with Crippen LogP contribution in [0, 0.1) is 6.92 Å². The van der Waals surface area contributed by atoms with Crippen molar-refractivity contribution in [3.8, 4) is 0 Å². The average Bonchev–Trinajstić information content (AvgIpc) is 1.99. The zero-order chi connectivity index (χ0) is 8.43. The van der Waals surface area contributed by atoms with E-state index < -0.39 is 0 Å². The Bertz CT molecular complexity index is 316. The highest BCUT2D eigenvalue weighted by Crippen LogP contribution is 1.94. The predicted molar refractivity (Wildman–Crippen MR) is 43.0 cm³/mol. The molecule has 2 N–H and O–H groups in total.